The van der Waals surface area contributed by atoms with Gasteiger partial charge in [0.25, 0.3) is 0 Å². The first-order valence-corrected chi connectivity index (χ1v) is 6.64. The molecule has 0 spiro atoms. The number of sulfone groups is 1. The number of nitrogen functional groups attached to an aromatic ring is 1. The summed E-state index contributed by atoms with van der Waals surface area (Å²) in [6, 6.07) is 2.84. The summed E-state index contributed by atoms with van der Waals surface area (Å²) in [7, 11) is -3.07. The standard InChI is InChI=1S/C9H10ClN3O2S/c10-8-3-6(11)4-9(13-8)12-7-1-2-16(14,15)5-7/h1-4,7H,5H2,(H3,11,12,13). The number of nitrogens with one attached hydrogen (secondary N) is 1. The Hall–Kier alpha value is -1.27. The molecule has 3 N–H and O–H groups in total. The molecule has 1 aromatic heterocycles. The molecule has 0 saturated heterocycles. The second-order valence-electron chi connectivity index (χ2n) is 3.52. The van der Waals surface area contributed by atoms with E-state index in [0.29, 0.717) is 11.5 Å². The lowest BCUT2D eigenvalue weighted by Crippen LogP contribution is -2.21. The van der Waals surface area contributed by atoms with Gasteiger partial charge in [0.2, 0.25) is 0 Å². The van der Waals surface area contributed by atoms with E-state index < -0.39 is 9.84 Å². The van der Waals surface area contributed by atoms with Gasteiger partial charge in [0.05, 0.1) is 11.8 Å². The highest BCUT2D eigenvalue weighted by Gasteiger charge is 2.21. The number of rotatable bonds is 2. The van der Waals surface area contributed by atoms with Gasteiger partial charge in [-0.1, -0.05) is 11.6 Å². The smallest absolute Gasteiger partial charge is 0.173 e. The minimum Gasteiger partial charge on any atom is -0.399 e. The van der Waals surface area contributed by atoms with E-state index >= 15 is 0 Å². The minimum atomic E-state index is -3.07. The molecule has 0 radical (unpaired) electrons. The molecule has 0 aromatic carbocycles. The van der Waals surface area contributed by atoms with Crippen molar-refractivity contribution >= 4 is 32.9 Å². The van der Waals surface area contributed by atoms with E-state index in [1.54, 1.807) is 12.1 Å². The van der Waals surface area contributed by atoms with Gasteiger partial charge in [-0.05, 0) is 12.1 Å². The van der Waals surface area contributed by atoms with Gasteiger partial charge in [-0.25, -0.2) is 13.4 Å². The summed E-state index contributed by atoms with van der Waals surface area (Å²) in [6.45, 7) is 0. The number of halogens is 1. The summed E-state index contributed by atoms with van der Waals surface area (Å²) in [5.41, 5.74) is 6.07. The van der Waals surface area contributed by atoms with Crippen LogP contribution in [0.4, 0.5) is 11.5 Å². The third-order valence-electron chi connectivity index (χ3n) is 2.08. The molecule has 86 valence electrons. The van der Waals surface area contributed by atoms with E-state index in [2.05, 4.69) is 10.3 Å². The van der Waals surface area contributed by atoms with Crippen LogP contribution >= 0.6 is 11.6 Å². The highest BCUT2D eigenvalue weighted by Crippen LogP contribution is 2.18. The highest BCUT2D eigenvalue weighted by atomic mass is 35.5. The number of hydrogen-bond acceptors (Lipinski definition) is 5. The highest BCUT2D eigenvalue weighted by molar-refractivity contribution is 7.94. The van der Waals surface area contributed by atoms with Crippen molar-refractivity contribution in [2.45, 2.75) is 6.04 Å². The van der Waals surface area contributed by atoms with Crippen molar-refractivity contribution < 1.29 is 8.42 Å². The molecule has 0 amide bonds. The van der Waals surface area contributed by atoms with E-state index in [4.69, 9.17) is 17.3 Å². The molecule has 0 bridgehead atoms. The Kier molecular flexibility index (Phi) is 2.77. The van der Waals surface area contributed by atoms with Gasteiger partial charge in [-0.3, -0.25) is 0 Å². The Morgan fingerprint density at radius 1 is 1.50 bits per heavy atom. The number of hydrogen-bond donors (Lipinski definition) is 2. The Bertz CT molecular complexity index is 521. The lowest BCUT2D eigenvalue weighted by atomic mass is 10.3. The Labute approximate surface area is 98.2 Å². The second-order valence-corrected chi connectivity index (χ2v) is 5.84. The van der Waals surface area contributed by atoms with Crippen LogP contribution in [0.2, 0.25) is 5.15 Å². The lowest BCUT2D eigenvalue weighted by molar-refractivity contribution is 0.605. The van der Waals surface area contributed by atoms with E-state index in [-0.39, 0.29) is 16.9 Å². The van der Waals surface area contributed by atoms with Crippen molar-refractivity contribution in [2.24, 2.45) is 0 Å². The zero-order valence-corrected chi connectivity index (χ0v) is 9.79. The predicted octanol–water partition coefficient (Wildman–Crippen LogP) is 1.04. The molecule has 1 unspecified atom stereocenters. The van der Waals surface area contributed by atoms with Crippen LogP contribution in [0.15, 0.2) is 23.6 Å². The first-order valence-electron chi connectivity index (χ1n) is 4.55. The number of aromatic nitrogens is 1. The van der Waals surface area contributed by atoms with Crippen molar-refractivity contribution in [3.63, 3.8) is 0 Å². The summed E-state index contributed by atoms with van der Waals surface area (Å²) in [4.78, 5) is 3.99. The first kappa shape index (κ1) is 11.2. The number of anilines is 2. The molecule has 0 aliphatic carbocycles. The molecule has 1 aromatic rings. The van der Waals surface area contributed by atoms with Gasteiger partial charge in [-0.2, -0.15) is 0 Å². The summed E-state index contributed by atoms with van der Waals surface area (Å²) >= 11 is 5.72. The Balaban J connectivity index is 2.14. The molecule has 1 aliphatic heterocycles. The Morgan fingerprint density at radius 3 is 2.81 bits per heavy atom. The Morgan fingerprint density at radius 2 is 2.25 bits per heavy atom. The zero-order chi connectivity index (χ0) is 11.8. The van der Waals surface area contributed by atoms with E-state index in [9.17, 15) is 8.42 Å². The van der Waals surface area contributed by atoms with Gasteiger partial charge in [0.1, 0.15) is 11.0 Å². The van der Waals surface area contributed by atoms with Gasteiger partial charge in [0, 0.05) is 17.2 Å². The predicted molar refractivity (Wildman–Crippen MR) is 64.0 cm³/mol. The van der Waals surface area contributed by atoms with Crippen LogP contribution in [0.25, 0.3) is 0 Å². The first-order chi connectivity index (χ1) is 7.44. The van der Waals surface area contributed by atoms with Crippen LogP contribution in [-0.4, -0.2) is 25.2 Å². The maximum atomic E-state index is 11.2. The third kappa shape index (κ3) is 2.65. The molecule has 1 atom stereocenters. The number of pyridine rings is 1. The van der Waals surface area contributed by atoms with Crippen molar-refractivity contribution in [3.05, 3.63) is 28.8 Å². The monoisotopic (exact) mass is 259 g/mol. The third-order valence-corrected chi connectivity index (χ3v) is 3.67. The summed E-state index contributed by atoms with van der Waals surface area (Å²) < 4.78 is 22.3. The van der Waals surface area contributed by atoms with Crippen LogP contribution in [0.5, 0.6) is 0 Å². The maximum absolute atomic E-state index is 11.2. The number of nitrogens with two attached hydrogens (primary N) is 1. The fourth-order valence-electron chi connectivity index (χ4n) is 1.45. The molecular weight excluding hydrogens is 250 g/mol. The van der Waals surface area contributed by atoms with Crippen LogP contribution in [0, 0.1) is 0 Å². The van der Waals surface area contributed by atoms with Crippen molar-refractivity contribution in [1.82, 2.24) is 4.98 Å². The molecule has 0 saturated carbocycles. The van der Waals surface area contributed by atoms with Crippen LogP contribution < -0.4 is 11.1 Å². The average Bonchev–Trinajstić information content (AvgIpc) is 2.43. The molecule has 1 aliphatic rings. The van der Waals surface area contributed by atoms with Crippen LogP contribution in [0.1, 0.15) is 0 Å². The van der Waals surface area contributed by atoms with Gasteiger partial charge < -0.3 is 11.1 Å². The second kappa shape index (κ2) is 3.95. The summed E-state index contributed by atoms with van der Waals surface area (Å²) in [5, 5.41) is 4.40. The van der Waals surface area contributed by atoms with E-state index in [1.165, 1.54) is 11.5 Å². The van der Waals surface area contributed by atoms with Gasteiger partial charge in [0.15, 0.2) is 9.84 Å². The summed E-state index contributed by atoms with van der Waals surface area (Å²) in [5.74, 6) is 0.498. The molecule has 5 nitrogen and oxygen atoms in total. The zero-order valence-electron chi connectivity index (χ0n) is 8.22. The van der Waals surface area contributed by atoms with Gasteiger partial charge in [-0.15, -0.1) is 0 Å². The fourth-order valence-corrected chi connectivity index (χ4v) is 2.90. The van der Waals surface area contributed by atoms with Crippen molar-refractivity contribution in [1.29, 1.82) is 0 Å². The van der Waals surface area contributed by atoms with Crippen molar-refractivity contribution in [2.75, 3.05) is 16.8 Å². The quantitative estimate of drug-likeness (QED) is 0.775. The fraction of sp³-hybridized carbons (Fsp3) is 0.222. The molecular formula is C9H10ClN3O2S. The molecule has 0 fully saturated rings. The maximum Gasteiger partial charge on any atom is 0.173 e. The number of nitrogens with zero attached hydrogens (tertiary/aromatic N) is 1. The molecule has 7 heteroatoms. The lowest BCUT2D eigenvalue weighted by Gasteiger charge is -2.11. The molecule has 2 heterocycles. The van der Waals surface area contributed by atoms with E-state index in [0.717, 1.165) is 0 Å². The van der Waals surface area contributed by atoms with Gasteiger partial charge >= 0.3 is 0 Å². The van der Waals surface area contributed by atoms with Crippen LogP contribution in [0.3, 0.4) is 0 Å². The summed E-state index contributed by atoms with van der Waals surface area (Å²) in [6.07, 6.45) is 1.58. The topological polar surface area (TPSA) is 85.1 Å². The van der Waals surface area contributed by atoms with E-state index in [1.807, 2.05) is 0 Å². The largest absolute Gasteiger partial charge is 0.399 e. The van der Waals surface area contributed by atoms with Crippen LogP contribution in [-0.2, 0) is 9.84 Å². The normalized spacial score (nSPS) is 22.2. The molecule has 2 rings (SSSR count). The van der Waals surface area contributed by atoms with Crippen molar-refractivity contribution in [3.8, 4) is 0 Å². The SMILES string of the molecule is Nc1cc(Cl)nc(NC2C=CS(=O)(=O)C2)c1. The minimum absolute atomic E-state index is 0.0289. The average molecular weight is 260 g/mol. The molecule has 16 heavy (non-hydrogen) atoms.